The first-order chi connectivity index (χ1) is 9.63. The second-order valence-corrected chi connectivity index (χ2v) is 4.92. The highest BCUT2D eigenvalue weighted by atomic mass is 35.5. The van der Waals surface area contributed by atoms with E-state index in [0.717, 1.165) is 17.0 Å². The first-order valence-electron chi connectivity index (χ1n) is 6.17. The number of halogens is 1. The van der Waals surface area contributed by atoms with E-state index in [-0.39, 0.29) is 0 Å². The number of nitriles is 1. The summed E-state index contributed by atoms with van der Waals surface area (Å²) in [5, 5.41) is 9.79. The molecule has 2 aromatic rings. The van der Waals surface area contributed by atoms with Gasteiger partial charge in [-0.25, -0.2) is 0 Å². The van der Waals surface area contributed by atoms with E-state index in [9.17, 15) is 0 Å². The van der Waals surface area contributed by atoms with Crippen LogP contribution in [0.5, 0.6) is 5.75 Å². The molecule has 0 saturated heterocycles. The molecule has 2 rings (SSSR count). The van der Waals surface area contributed by atoms with E-state index in [1.54, 1.807) is 25.3 Å². The van der Waals surface area contributed by atoms with Gasteiger partial charge in [0, 0.05) is 18.6 Å². The van der Waals surface area contributed by atoms with E-state index in [1.807, 2.05) is 36.2 Å². The fourth-order valence-electron chi connectivity index (χ4n) is 2.05. The molecule has 0 amide bonds. The minimum Gasteiger partial charge on any atom is -0.497 e. The van der Waals surface area contributed by atoms with Crippen LogP contribution in [0.25, 0.3) is 0 Å². The van der Waals surface area contributed by atoms with Crippen LogP contribution in [0.4, 0.5) is 5.69 Å². The summed E-state index contributed by atoms with van der Waals surface area (Å²) >= 11 is 6.01. The van der Waals surface area contributed by atoms with Crippen LogP contribution in [-0.2, 0) is 6.54 Å². The summed E-state index contributed by atoms with van der Waals surface area (Å²) < 4.78 is 5.21. The largest absolute Gasteiger partial charge is 0.497 e. The van der Waals surface area contributed by atoms with Gasteiger partial charge in [-0.05, 0) is 35.9 Å². The summed E-state index contributed by atoms with van der Waals surface area (Å²) in [6.07, 6.45) is 0. The van der Waals surface area contributed by atoms with Crippen molar-refractivity contribution in [1.29, 1.82) is 5.26 Å². The second kappa shape index (κ2) is 6.31. The summed E-state index contributed by atoms with van der Waals surface area (Å²) in [6.45, 7) is 0.673. The van der Waals surface area contributed by atoms with Crippen molar-refractivity contribution in [3.05, 3.63) is 58.6 Å². The van der Waals surface area contributed by atoms with Crippen molar-refractivity contribution < 1.29 is 4.74 Å². The van der Waals surface area contributed by atoms with Gasteiger partial charge in [0.15, 0.2) is 0 Å². The van der Waals surface area contributed by atoms with Crippen molar-refractivity contribution in [3.8, 4) is 11.8 Å². The van der Waals surface area contributed by atoms with Gasteiger partial charge in [0.1, 0.15) is 11.8 Å². The molecule has 0 aromatic heterocycles. The van der Waals surface area contributed by atoms with Gasteiger partial charge >= 0.3 is 0 Å². The Labute approximate surface area is 124 Å². The minimum atomic E-state index is 0.611. The van der Waals surface area contributed by atoms with E-state index < -0.39 is 0 Å². The highest BCUT2D eigenvalue weighted by Gasteiger charge is 2.09. The Bertz CT molecular complexity index is 649. The van der Waals surface area contributed by atoms with E-state index in [1.165, 1.54) is 0 Å². The van der Waals surface area contributed by atoms with Gasteiger partial charge in [-0.2, -0.15) is 5.26 Å². The first-order valence-corrected chi connectivity index (χ1v) is 6.55. The summed E-state index contributed by atoms with van der Waals surface area (Å²) in [5.41, 5.74) is 2.54. The maximum Gasteiger partial charge on any atom is 0.119 e. The zero-order valence-electron chi connectivity index (χ0n) is 11.4. The van der Waals surface area contributed by atoms with Gasteiger partial charge < -0.3 is 9.64 Å². The molecule has 0 N–H and O–H groups in total. The van der Waals surface area contributed by atoms with Crippen molar-refractivity contribution in [3.63, 3.8) is 0 Å². The predicted molar refractivity (Wildman–Crippen MR) is 81.3 cm³/mol. The van der Waals surface area contributed by atoms with Crippen LogP contribution in [0.1, 0.15) is 11.1 Å². The third-order valence-electron chi connectivity index (χ3n) is 3.05. The number of hydrogen-bond acceptors (Lipinski definition) is 3. The van der Waals surface area contributed by atoms with E-state index in [0.29, 0.717) is 17.1 Å². The van der Waals surface area contributed by atoms with Crippen LogP contribution in [-0.4, -0.2) is 14.2 Å². The molecule has 20 heavy (non-hydrogen) atoms. The zero-order chi connectivity index (χ0) is 14.5. The Kier molecular flexibility index (Phi) is 4.49. The van der Waals surface area contributed by atoms with E-state index in [4.69, 9.17) is 21.6 Å². The third-order valence-corrected chi connectivity index (χ3v) is 3.28. The van der Waals surface area contributed by atoms with Crippen LogP contribution in [0.2, 0.25) is 5.02 Å². The van der Waals surface area contributed by atoms with Gasteiger partial charge in [-0.3, -0.25) is 0 Å². The molecule has 0 radical (unpaired) electrons. The van der Waals surface area contributed by atoms with Crippen LogP contribution in [0.15, 0.2) is 42.5 Å². The molecule has 3 nitrogen and oxygen atoms in total. The molecule has 2 aromatic carbocycles. The standard InChI is InChI=1S/C16H15ClN2O/c1-19(11-12-4-3-5-15(8-12)20-2)16-9-14(17)7-6-13(16)10-18/h3-9H,11H2,1-2H3. The average Bonchev–Trinajstić information content (AvgIpc) is 2.47. The molecule has 0 spiro atoms. The molecule has 0 unspecified atom stereocenters. The number of anilines is 1. The van der Waals surface area contributed by atoms with E-state index in [2.05, 4.69) is 6.07 Å². The van der Waals surface area contributed by atoms with Crippen molar-refractivity contribution in [2.45, 2.75) is 6.54 Å². The Morgan fingerprint density at radius 3 is 2.75 bits per heavy atom. The van der Waals surface area contributed by atoms with Crippen molar-refractivity contribution in [2.24, 2.45) is 0 Å². The molecule has 0 heterocycles. The smallest absolute Gasteiger partial charge is 0.119 e. The monoisotopic (exact) mass is 286 g/mol. The van der Waals surface area contributed by atoms with Gasteiger partial charge in [0.2, 0.25) is 0 Å². The number of nitrogens with zero attached hydrogens (tertiary/aromatic N) is 2. The summed E-state index contributed by atoms with van der Waals surface area (Å²) in [7, 11) is 3.58. The lowest BCUT2D eigenvalue weighted by Gasteiger charge is -2.21. The van der Waals surface area contributed by atoms with Crippen molar-refractivity contribution in [1.82, 2.24) is 0 Å². The van der Waals surface area contributed by atoms with Gasteiger partial charge in [-0.1, -0.05) is 23.7 Å². The molecule has 0 saturated carbocycles. The molecule has 102 valence electrons. The van der Waals surface area contributed by atoms with E-state index >= 15 is 0 Å². The number of ether oxygens (including phenoxy) is 1. The molecule has 0 atom stereocenters. The Balaban J connectivity index is 2.25. The predicted octanol–water partition coefficient (Wildman–Crippen LogP) is 3.86. The number of benzene rings is 2. The average molecular weight is 287 g/mol. The Hall–Kier alpha value is -2.18. The van der Waals surface area contributed by atoms with Crippen molar-refractivity contribution in [2.75, 3.05) is 19.1 Å². The lowest BCUT2D eigenvalue weighted by atomic mass is 10.1. The Morgan fingerprint density at radius 1 is 1.25 bits per heavy atom. The summed E-state index contributed by atoms with van der Waals surface area (Å²) in [5.74, 6) is 0.822. The third kappa shape index (κ3) is 3.23. The quantitative estimate of drug-likeness (QED) is 0.856. The normalized spacial score (nSPS) is 9.90. The summed E-state index contributed by atoms with van der Waals surface area (Å²) in [4.78, 5) is 2.00. The van der Waals surface area contributed by atoms with Crippen molar-refractivity contribution >= 4 is 17.3 Å². The van der Waals surface area contributed by atoms with Crippen LogP contribution in [0, 0.1) is 11.3 Å². The van der Waals surface area contributed by atoms with Crippen LogP contribution in [0.3, 0.4) is 0 Å². The molecular formula is C16H15ClN2O. The van der Waals surface area contributed by atoms with Gasteiger partial charge in [0.05, 0.1) is 18.4 Å². The number of hydrogen-bond donors (Lipinski definition) is 0. The molecular weight excluding hydrogens is 272 g/mol. The second-order valence-electron chi connectivity index (χ2n) is 4.48. The lowest BCUT2D eigenvalue weighted by Crippen LogP contribution is -2.17. The highest BCUT2D eigenvalue weighted by Crippen LogP contribution is 2.25. The molecule has 0 fully saturated rings. The maximum atomic E-state index is 9.17. The molecule has 0 aliphatic rings. The molecule has 0 bridgehead atoms. The van der Waals surface area contributed by atoms with Gasteiger partial charge in [0.25, 0.3) is 0 Å². The topological polar surface area (TPSA) is 36.3 Å². The van der Waals surface area contributed by atoms with Gasteiger partial charge in [-0.15, -0.1) is 0 Å². The van der Waals surface area contributed by atoms with Crippen LogP contribution < -0.4 is 9.64 Å². The molecule has 0 aliphatic heterocycles. The number of methoxy groups -OCH3 is 1. The van der Waals surface area contributed by atoms with Crippen LogP contribution >= 0.6 is 11.6 Å². The minimum absolute atomic E-state index is 0.611. The SMILES string of the molecule is COc1cccc(CN(C)c2cc(Cl)ccc2C#N)c1. The molecule has 0 aliphatic carbocycles. The maximum absolute atomic E-state index is 9.17. The lowest BCUT2D eigenvalue weighted by molar-refractivity contribution is 0.414. The molecule has 4 heteroatoms. The number of rotatable bonds is 4. The fraction of sp³-hybridized carbons (Fsp3) is 0.188. The first kappa shape index (κ1) is 14.2. The Morgan fingerprint density at radius 2 is 2.05 bits per heavy atom. The highest BCUT2D eigenvalue weighted by molar-refractivity contribution is 6.30. The fourth-order valence-corrected chi connectivity index (χ4v) is 2.21. The zero-order valence-corrected chi connectivity index (χ0v) is 12.2. The summed E-state index contributed by atoms with van der Waals surface area (Å²) in [6, 6.07) is 15.3.